The van der Waals surface area contributed by atoms with Crippen LogP contribution in [0.25, 0.3) is 6.08 Å². The third-order valence-electron chi connectivity index (χ3n) is 4.23. The van der Waals surface area contributed by atoms with Crippen LogP contribution in [0.15, 0.2) is 24.4 Å². The first-order chi connectivity index (χ1) is 9.86. The number of piperidine rings is 1. The molecule has 0 radical (unpaired) electrons. The molecule has 1 aliphatic heterocycles. The minimum Gasteiger partial charge on any atom is -0.478 e. The van der Waals surface area contributed by atoms with Crippen LogP contribution in [0, 0.1) is 11.3 Å². The van der Waals surface area contributed by atoms with Gasteiger partial charge in [-0.05, 0) is 47.9 Å². The van der Waals surface area contributed by atoms with Crippen molar-refractivity contribution in [3.05, 3.63) is 30.0 Å². The van der Waals surface area contributed by atoms with E-state index in [9.17, 15) is 4.79 Å². The summed E-state index contributed by atoms with van der Waals surface area (Å²) in [5, 5.41) is 8.61. The number of carboxylic acids is 1. The number of carbonyl (C=O) groups is 1. The van der Waals surface area contributed by atoms with Gasteiger partial charge in [-0.3, -0.25) is 0 Å². The van der Waals surface area contributed by atoms with Crippen molar-refractivity contribution in [1.82, 2.24) is 4.98 Å². The van der Waals surface area contributed by atoms with Crippen molar-refractivity contribution < 1.29 is 9.90 Å². The molecule has 1 aliphatic rings. The van der Waals surface area contributed by atoms with E-state index in [1.165, 1.54) is 12.8 Å². The molecule has 1 saturated heterocycles. The lowest BCUT2D eigenvalue weighted by molar-refractivity contribution is -0.131. The third kappa shape index (κ3) is 4.31. The molecule has 0 unspecified atom stereocenters. The van der Waals surface area contributed by atoms with Crippen molar-refractivity contribution in [2.75, 3.05) is 18.0 Å². The highest BCUT2D eigenvalue weighted by Gasteiger charge is 2.28. The smallest absolute Gasteiger partial charge is 0.328 e. The Labute approximate surface area is 126 Å². The molecule has 1 aromatic heterocycles. The molecular formula is C17H24N2O2. The number of hydrogen-bond acceptors (Lipinski definition) is 3. The lowest BCUT2D eigenvalue weighted by atomic mass is 9.75. The van der Waals surface area contributed by atoms with E-state index >= 15 is 0 Å². The van der Waals surface area contributed by atoms with Gasteiger partial charge in [-0.15, -0.1) is 0 Å². The summed E-state index contributed by atoms with van der Waals surface area (Å²) in [5.41, 5.74) is 1.19. The summed E-state index contributed by atoms with van der Waals surface area (Å²) in [6.07, 6.45) is 6.82. The number of hydrogen-bond donors (Lipinski definition) is 1. The van der Waals surface area contributed by atoms with Crippen molar-refractivity contribution in [2.45, 2.75) is 33.6 Å². The molecule has 1 aromatic rings. The lowest BCUT2D eigenvalue weighted by Crippen LogP contribution is -2.38. The molecule has 0 aromatic carbocycles. The Morgan fingerprint density at radius 2 is 2.00 bits per heavy atom. The quantitative estimate of drug-likeness (QED) is 0.866. The van der Waals surface area contributed by atoms with E-state index < -0.39 is 5.97 Å². The molecule has 0 amide bonds. The molecule has 4 nitrogen and oxygen atoms in total. The first kappa shape index (κ1) is 15.5. The maximum Gasteiger partial charge on any atom is 0.328 e. The zero-order chi connectivity index (χ0) is 15.5. The fraction of sp³-hybridized carbons (Fsp3) is 0.529. The number of nitrogens with zero attached hydrogens (tertiary/aromatic N) is 2. The highest BCUT2D eigenvalue weighted by molar-refractivity contribution is 5.85. The summed E-state index contributed by atoms with van der Waals surface area (Å²) < 4.78 is 0. The van der Waals surface area contributed by atoms with Crippen LogP contribution in [-0.2, 0) is 4.79 Å². The maximum atomic E-state index is 10.5. The Bertz CT molecular complexity index is 507. The average molecular weight is 288 g/mol. The predicted molar refractivity (Wildman–Crippen MR) is 85.3 cm³/mol. The van der Waals surface area contributed by atoms with Crippen LogP contribution in [0.5, 0.6) is 0 Å². The number of anilines is 1. The fourth-order valence-electron chi connectivity index (χ4n) is 2.83. The van der Waals surface area contributed by atoms with E-state index in [1.807, 2.05) is 12.1 Å². The molecule has 1 fully saturated rings. The number of pyridine rings is 1. The van der Waals surface area contributed by atoms with Gasteiger partial charge in [-0.25, -0.2) is 9.78 Å². The van der Waals surface area contributed by atoms with E-state index in [0.29, 0.717) is 5.41 Å². The summed E-state index contributed by atoms with van der Waals surface area (Å²) in [6.45, 7) is 9.03. The van der Waals surface area contributed by atoms with E-state index in [1.54, 1.807) is 12.3 Å². The molecule has 0 spiro atoms. The standard InChI is InChI=1S/C17H24N2O2/c1-17(2,3)14-8-10-19(11-9-14)15-6-4-13(12-18-15)5-7-16(20)21/h4-7,12,14H,8-11H2,1-3H3,(H,20,21)/b7-5+. The van der Waals surface area contributed by atoms with Crippen LogP contribution in [-0.4, -0.2) is 29.1 Å². The molecule has 1 N–H and O–H groups in total. The zero-order valence-corrected chi connectivity index (χ0v) is 13.0. The maximum absolute atomic E-state index is 10.5. The van der Waals surface area contributed by atoms with Gasteiger partial charge in [0, 0.05) is 25.4 Å². The predicted octanol–water partition coefficient (Wildman–Crippen LogP) is 3.44. The van der Waals surface area contributed by atoms with Gasteiger partial charge in [0.2, 0.25) is 0 Å². The van der Waals surface area contributed by atoms with Crippen LogP contribution in [0.3, 0.4) is 0 Å². The topological polar surface area (TPSA) is 53.4 Å². The summed E-state index contributed by atoms with van der Waals surface area (Å²) in [6, 6.07) is 3.89. The van der Waals surface area contributed by atoms with Gasteiger partial charge < -0.3 is 10.0 Å². The molecule has 21 heavy (non-hydrogen) atoms. The molecule has 114 valence electrons. The molecule has 2 rings (SSSR count). The van der Waals surface area contributed by atoms with Gasteiger partial charge >= 0.3 is 5.97 Å². The minimum atomic E-state index is -0.941. The molecule has 0 atom stereocenters. The number of carboxylic acid groups (broad SMARTS) is 1. The van der Waals surface area contributed by atoms with Gasteiger partial charge in [-0.1, -0.05) is 20.8 Å². The molecular weight excluding hydrogens is 264 g/mol. The first-order valence-electron chi connectivity index (χ1n) is 7.48. The van der Waals surface area contributed by atoms with Crippen LogP contribution in [0.2, 0.25) is 0 Å². The highest BCUT2D eigenvalue weighted by atomic mass is 16.4. The van der Waals surface area contributed by atoms with E-state index in [4.69, 9.17) is 5.11 Å². The first-order valence-corrected chi connectivity index (χ1v) is 7.48. The van der Waals surface area contributed by atoms with Gasteiger partial charge in [0.15, 0.2) is 0 Å². The summed E-state index contributed by atoms with van der Waals surface area (Å²) >= 11 is 0. The molecule has 0 aliphatic carbocycles. The fourth-order valence-corrected chi connectivity index (χ4v) is 2.83. The van der Waals surface area contributed by atoms with Gasteiger partial charge in [0.05, 0.1) is 0 Å². The van der Waals surface area contributed by atoms with Gasteiger partial charge in [-0.2, -0.15) is 0 Å². The van der Waals surface area contributed by atoms with Gasteiger partial charge in [0.25, 0.3) is 0 Å². The van der Waals surface area contributed by atoms with Crippen molar-refractivity contribution in [2.24, 2.45) is 11.3 Å². The van der Waals surface area contributed by atoms with Crippen LogP contribution >= 0.6 is 0 Å². The van der Waals surface area contributed by atoms with E-state index in [2.05, 4.69) is 30.7 Å². The Balaban J connectivity index is 1.96. The average Bonchev–Trinajstić information content (AvgIpc) is 2.45. The second-order valence-electron chi connectivity index (χ2n) is 6.75. The molecule has 0 bridgehead atoms. The monoisotopic (exact) mass is 288 g/mol. The Morgan fingerprint density at radius 3 is 2.48 bits per heavy atom. The van der Waals surface area contributed by atoms with Crippen molar-refractivity contribution in [3.63, 3.8) is 0 Å². The Hall–Kier alpha value is -1.84. The molecule has 4 heteroatoms. The highest BCUT2D eigenvalue weighted by Crippen LogP contribution is 2.35. The largest absolute Gasteiger partial charge is 0.478 e. The second-order valence-corrected chi connectivity index (χ2v) is 6.75. The Kier molecular flexibility index (Phi) is 4.66. The SMILES string of the molecule is CC(C)(C)C1CCN(c2ccc(/C=C/C(=O)O)cn2)CC1. The number of aliphatic carboxylic acids is 1. The normalized spacial score (nSPS) is 17.4. The summed E-state index contributed by atoms with van der Waals surface area (Å²) in [7, 11) is 0. The zero-order valence-electron chi connectivity index (χ0n) is 13.0. The molecule has 2 heterocycles. The minimum absolute atomic E-state index is 0.380. The van der Waals surface area contributed by atoms with Crippen LogP contribution in [0.4, 0.5) is 5.82 Å². The van der Waals surface area contributed by atoms with Crippen molar-refractivity contribution in [1.29, 1.82) is 0 Å². The summed E-state index contributed by atoms with van der Waals surface area (Å²) in [4.78, 5) is 17.2. The van der Waals surface area contributed by atoms with Crippen LogP contribution < -0.4 is 4.90 Å². The number of aromatic nitrogens is 1. The second kappa shape index (κ2) is 6.29. The molecule has 0 saturated carbocycles. The Morgan fingerprint density at radius 1 is 1.33 bits per heavy atom. The van der Waals surface area contributed by atoms with E-state index in [-0.39, 0.29) is 0 Å². The van der Waals surface area contributed by atoms with Crippen molar-refractivity contribution in [3.8, 4) is 0 Å². The number of rotatable bonds is 3. The lowest BCUT2D eigenvalue weighted by Gasteiger charge is -2.39. The van der Waals surface area contributed by atoms with Crippen molar-refractivity contribution >= 4 is 17.9 Å². The third-order valence-corrected chi connectivity index (χ3v) is 4.23. The van der Waals surface area contributed by atoms with Gasteiger partial charge in [0.1, 0.15) is 5.82 Å². The van der Waals surface area contributed by atoms with Crippen LogP contribution in [0.1, 0.15) is 39.2 Å². The van der Waals surface area contributed by atoms with E-state index in [0.717, 1.165) is 36.5 Å². The summed E-state index contributed by atoms with van der Waals surface area (Å²) in [5.74, 6) is 0.810.